The van der Waals surface area contributed by atoms with Crippen LogP contribution in [0.5, 0.6) is 0 Å². The summed E-state index contributed by atoms with van der Waals surface area (Å²) < 4.78 is 0. The number of aliphatic hydroxyl groups excluding tert-OH is 1. The molecule has 1 heterocycles. The van der Waals surface area contributed by atoms with E-state index in [2.05, 4.69) is 11.1 Å². The molecule has 0 aliphatic rings. The fourth-order valence-electron chi connectivity index (χ4n) is 3.30. The predicted molar refractivity (Wildman–Crippen MR) is 121 cm³/mol. The first kappa shape index (κ1) is 19.4. The number of aliphatic hydroxyl groups is 1. The highest BCUT2D eigenvalue weighted by molar-refractivity contribution is 6.31. The molecule has 1 N–H and O–H groups in total. The quantitative estimate of drug-likeness (QED) is 0.400. The van der Waals surface area contributed by atoms with Crippen molar-refractivity contribution in [3.05, 3.63) is 112 Å². The van der Waals surface area contributed by atoms with Crippen molar-refractivity contribution in [3.8, 4) is 0 Å². The minimum absolute atomic E-state index is 0.502. The van der Waals surface area contributed by atoms with E-state index < -0.39 is 6.10 Å². The van der Waals surface area contributed by atoms with Crippen molar-refractivity contribution < 1.29 is 5.11 Å². The lowest BCUT2D eigenvalue weighted by atomic mass is 9.99. The van der Waals surface area contributed by atoms with Gasteiger partial charge >= 0.3 is 0 Å². The average molecular weight is 399 g/mol. The van der Waals surface area contributed by atoms with Gasteiger partial charge in [-0.1, -0.05) is 72.3 Å². The third kappa shape index (κ3) is 5.11. The SMILES string of the molecule is O[C@@H](CCc1[c]cccc1)c1cccc(/C=C/c2ccc3ccc(Cl)cc3n2)c1. The zero-order valence-electron chi connectivity index (χ0n) is 15.9. The van der Waals surface area contributed by atoms with Crippen LogP contribution in [0.3, 0.4) is 0 Å². The van der Waals surface area contributed by atoms with Gasteiger partial charge < -0.3 is 5.11 Å². The molecular weight excluding hydrogens is 378 g/mol. The van der Waals surface area contributed by atoms with Crippen molar-refractivity contribution in [1.82, 2.24) is 4.98 Å². The smallest absolute Gasteiger partial charge is 0.0793 e. The molecule has 1 atom stereocenters. The Bertz CT molecular complexity index is 1140. The number of nitrogens with zero attached hydrogens (tertiary/aromatic N) is 1. The molecule has 2 nitrogen and oxygen atoms in total. The Morgan fingerprint density at radius 3 is 2.72 bits per heavy atom. The summed E-state index contributed by atoms with van der Waals surface area (Å²) in [6, 6.07) is 28.8. The molecule has 0 fully saturated rings. The third-order valence-electron chi connectivity index (χ3n) is 4.88. The maximum absolute atomic E-state index is 10.6. The van der Waals surface area contributed by atoms with Gasteiger partial charge in [-0.25, -0.2) is 4.98 Å². The van der Waals surface area contributed by atoms with Gasteiger partial charge in [-0.3, -0.25) is 0 Å². The Hall–Kier alpha value is -2.94. The largest absolute Gasteiger partial charge is 0.388 e. The van der Waals surface area contributed by atoms with Gasteiger partial charge in [0.05, 0.1) is 17.3 Å². The van der Waals surface area contributed by atoms with Gasteiger partial charge in [0.25, 0.3) is 0 Å². The van der Waals surface area contributed by atoms with E-state index in [-0.39, 0.29) is 0 Å². The summed E-state index contributed by atoms with van der Waals surface area (Å²) in [5, 5.41) is 12.3. The topological polar surface area (TPSA) is 33.1 Å². The minimum atomic E-state index is -0.502. The molecule has 0 bridgehead atoms. The maximum atomic E-state index is 10.6. The monoisotopic (exact) mass is 398 g/mol. The molecule has 0 aliphatic carbocycles. The minimum Gasteiger partial charge on any atom is -0.388 e. The first-order chi connectivity index (χ1) is 14.2. The number of fused-ring (bicyclic) bond motifs is 1. The number of benzene rings is 3. The molecule has 0 unspecified atom stereocenters. The number of pyridine rings is 1. The van der Waals surface area contributed by atoms with Crippen molar-refractivity contribution in [2.75, 3.05) is 0 Å². The summed E-state index contributed by atoms with van der Waals surface area (Å²) in [4.78, 5) is 4.65. The second kappa shape index (κ2) is 9.04. The van der Waals surface area contributed by atoms with Crippen molar-refractivity contribution >= 4 is 34.7 Å². The molecule has 3 aromatic carbocycles. The zero-order valence-corrected chi connectivity index (χ0v) is 16.7. The second-order valence-corrected chi connectivity index (χ2v) is 7.46. The summed E-state index contributed by atoms with van der Waals surface area (Å²) in [7, 11) is 0. The lowest BCUT2D eigenvalue weighted by molar-refractivity contribution is 0.168. The summed E-state index contributed by atoms with van der Waals surface area (Å²) in [5.74, 6) is 0. The normalized spacial score (nSPS) is 12.5. The molecule has 143 valence electrons. The lowest BCUT2D eigenvalue weighted by Gasteiger charge is -2.11. The standard InChI is InChI=1S/C26H21ClNO/c27-23-13-11-21-12-15-24(28-25(21)18-23)14-9-20-7-4-8-22(17-20)26(29)16-10-19-5-2-1-3-6-19/h1-5,7-9,11-15,17-18,26,29H,10,16H2/b14-9+/t26-/m0/s1. The van der Waals surface area contributed by atoms with Crippen LogP contribution in [-0.4, -0.2) is 10.1 Å². The van der Waals surface area contributed by atoms with Crippen LogP contribution in [0.4, 0.5) is 0 Å². The van der Waals surface area contributed by atoms with Gasteiger partial charge in [0.1, 0.15) is 0 Å². The van der Waals surface area contributed by atoms with Crippen LogP contribution in [0.2, 0.25) is 5.02 Å². The Labute approximate surface area is 176 Å². The highest BCUT2D eigenvalue weighted by Crippen LogP contribution is 2.22. The van der Waals surface area contributed by atoms with Crippen LogP contribution >= 0.6 is 11.6 Å². The Morgan fingerprint density at radius 1 is 0.966 bits per heavy atom. The Morgan fingerprint density at radius 2 is 1.86 bits per heavy atom. The summed E-state index contributed by atoms with van der Waals surface area (Å²) in [6.07, 6.45) is 4.95. The van der Waals surface area contributed by atoms with E-state index in [1.54, 1.807) is 0 Å². The molecule has 1 aromatic heterocycles. The van der Waals surface area contributed by atoms with Crippen molar-refractivity contribution in [2.45, 2.75) is 18.9 Å². The molecule has 4 rings (SSSR count). The van der Waals surface area contributed by atoms with Crippen LogP contribution in [0.1, 0.15) is 34.9 Å². The molecule has 29 heavy (non-hydrogen) atoms. The van der Waals surface area contributed by atoms with Crippen LogP contribution < -0.4 is 0 Å². The van der Waals surface area contributed by atoms with Gasteiger partial charge in [-0.05, 0) is 65.9 Å². The molecule has 0 saturated heterocycles. The fourth-order valence-corrected chi connectivity index (χ4v) is 3.46. The van der Waals surface area contributed by atoms with Crippen LogP contribution in [0.15, 0.2) is 78.9 Å². The number of hydrogen-bond acceptors (Lipinski definition) is 2. The first-order valence-corrected chi connectivity index (χ1v) is 10.0. The molecule has 0 aliphatic heterocycles. The van der Waals surface area contributed by atoms with E-state index in [4.69, 9.17) is 11.6 Å². The zero-order chi connectivity index (χ0) is 20.1. The molecule has 0 saturated carbocycles. The number of aryl methyl sites for hydroxylation is 1. The van der Waals surface area contributed by atoms with Crippen LogP contribution in [0.25, 0.3) is 23.1 Å². The molecular formula is C26H21ClNO. The molecule has 0 spiro atoms. The summed E-state index contributed by atoms with van der Waals surface area (Å²) in [6.45, 7) is 0. The maximum Gasteiger partial charge on any atom is 0.0793 e. The number of hydrogen-bond donors (Lipinski definition) is 1. The van der Waals surface area contributed by atoms with Gasteiger partial charge in [-0.15, -0.1) is 0 Å². The van der Waals surface area contributed by atoms with Gasteiger partial charge in [0.15, 0.2) is 0 Å². The van der Waals surface area contributed by atoms with E-state index in [0.29, 0.717) is 11.4 Å². The summed E-state index contributed by atoms with van der Waals surface area (Å²) in [5.41, 5.74) is 4.80. The van der Waals surface area contributed by atoms with E-state index >= 15 is 0 Å². The third-order valence-corrected chi connectivity index (χ3v) is 5.11. The highest BCUT2D eigenvalue weighted by Gasteiger charge is 2.08. The van der Waals surface area contributed by atoms with E-state index in [0.717, 1.165) is 39.7 Å². The first-order valence-electron chi connectivity index (χ1n) is 9.65. The molecule has 3 heteroatoms. The molecule has 4 aromatic rings. The predicted octanol–water partition coefficient (Wildman–Crippen LogP) is 6.52. The Balaban J connectivity index is 1.46. The van der Waals surface area contributed by atoms with Crippen molar-refractivity contribution in [1.29, 1.82) is 0 Å². The summed E-state index contributed by atoms with van der Waals surface area (Å²) >= 11 is 6.07. The van der Waals surface area contributed by atoms with E-state index in [1.165, 1.54) is 0 Å². The number of aromatic nitrogens is 1. The van der Waals surface area contributed by atoms with Crippen LogP contribution in [-0.2, 0) is 6.42 Å². The second-order valence-electron chi connectivity index (χ2n) is 7.02. The Kier molecular flexibility index (Phi) is 6.04. The van der Waals surface area contributed by atoms with Gasteiger partial charge in [-0.2, -0.15) is 0 Å². The number of rotatable bonds is 6. The highest BCUT2D eigenvalue weighted by atomic mass is 35.5. The average Bonchev–Trinajstić information content (AvgIpc) is 2.76. The lowest BCUT2D eigenvalue weighted by Crippen LogP contribution is -2.00. The van der Waals surface area contributed by atoms with Crippen molar-refractivity contribution in [3.63, 3.8) is 0 Å². The van der Waals surface area contributed by atoms with Crippen LogP contribution in [0, 0.1) is 6.07 Å². The van der Waals surface area contributed by atoms with E-state index in [1.807, 2.05) is 91.0 Å². The van der Waals surface area contributed by atoms with E-state index in [9.17, 15) is 5.11 Å². The molecule has 0 amide bonds. The number of halogens is 1. The molecule has 1 radical (unpaired) electrons. The van der Waals surface area contributed by atoms with Crippen molar-refractivity contribution in [2.24, 2.45) is 0 Å². The fraction of sp³-hybridized carbons (Fsp3) is 0.115. The van der Waals surface area contributed by atoms with Gasteiger partial charge in [0, 0.05) is 10.4 Å². The van der Waals surface area contributed by atoms with Gasteiger partial charge in [0.2, 0.25) is 0 Å².